The second-order valence-electron chi connectivity index (χ2n) is 4.63. The fraction of sp³-hybridized carbons (Fsp3) is 0.143. The first-order valence-corrected chi connectivity index (χ1v) is 8.37. The zero-order valence-electron chi connectivity index (χ0n) is 12.0. The highest BCUT2D eigenvalue weighted by Crippen LogP contribution is 2.21. The molecule has 0 aromatic carbocycles. The fourth-order valence-electron chi connectivity index (χ4n) is 1.90. The molecular weight excluding hydrogens is 336 g/mol. The largest absolute Gasteiger partial charge is 0.501 e. The highest BCUT2D eigenvalue weighted by molar-refractivity contribution is 7.13. The maximum absolute atomic E-state index is 12.2. The minimum absolute atomic E-state index is 0.200. The number of nitrogens with one attached hydrogen (secondary N) is 2. The second kappa shape index (κ2) is 6.31. The van der Waals surface area contributed by atoms with Gasteiger partial charge in [0, 0.05) is 5.38 Å². The van der Waals surface area contributed by atoms with Crippen LogP contribution in [-0.4, -0.2) is 26.0 Å². The van der Waals surface area contributed by atoms with Crippen molar-refractivity contribution in [3.05, 3.63) is 49.6 Å². The lowest BCUT2D eigenvalue weighted by atomic mass is 10.3. The molecule has 0 bridgehead atoms. The topological polar surface area (TPSA) is 108 Å². The van der Waals surface area contributed by atoms with Crippen LogP contribution in [0.3, 0.4) is 0 Å². The van der Waals surface area contributed by atoms with E-state index in [1.54, 1.807) is 12.1 Å². The third kappa shape index (κ3) is 3.30. The maximum atomic E-state index is 12.2. The monoisotopic (exact) mass is 348 g/mol. The first-order valence-electron chi connectivity index (χ1n) is 6.61. The minimum atomic E-state index is -0.752. The van der Waals surface area contributed by atoms with E-state index >= 15 is 0 Å². The van der Waals surface area contributed by atoms with Crippen molar-refractivity contribution in [2.45, 2.75) is 13.5 Å². The van der Waals surface area contributed by atoms with Gasteiger partial charge in [0.25, 0.3) is 11.5 Å². The molecule has 3 aromatic rings. The van der Waals surface area contributed by atoms with Gasteiger partial charge in [0.1, 0.15) is 0 Å². The summed E-state index contributed by atoms with van der Waals surface area (Å²) in [5.74, 6) is -1.08. The average molecular weight is 348 g/mol. The molecule has 0 atom stereocenters. The standard InChI is InChI=1S/C14H12N4O3S2/c1-7-16-8(6-23-7)5-15-13(20)10-11(19)14(21)18-12(17-10)9-3-2-4-22-9/h2-4,6,19H,5H2,1H3,(H,15,20)(H,17,18,21). The van der Waals surface area contributed by atoms with E-state index in [0.717, 1.165) is 5.01 Å². The van der Waals surface area contributed by atoms with Crippen LogP contribution < -0.4 is 10.9 Å². The Morgan fingerprint density at radius 3 is 2.87 bits per heavy atom. The molecule has 0 saturated carbocycles. The molecule has 3 aromatic heterocycles. The van der Waals surface area contributed by atoms with Gasteiger partial charge >= 0.3 is 0 Å². The summed E-state index contributed by atoms with van der Waals surface area (Å²) < 4.78 is 0. The molecule has 0 fully saturated rings. The van der Waals surface area contributed by atoms with E-state index in [0.29, 0.717) is 10.6 Å². The van der Waals surface area contributed by atoms with Gasteiger partial charge in [0.05, 0.1) is 22.1 Å². The van der Waals surface area contributed by atoms with E-state index < -0.39 is 17.2 Å². The molecule has 9 heteroatoms. The van der Waals surface area contributed by atoms with Crippen LogP contribution in [0.4, 0.5) is 0 Å². The summed E-state index contributed by atoms with van der Waals surface area (Å²) in [5.41, 5.74) is -0.342. The van der Waals surface area contributed by atoms with Crippen LogP contribution in [0.25, 0.3) is 10.7 Å². The van der Waals surface area contributed by atoms with Crippen molar-refractivity contribution in [1.29, 1.82) is 0 Å². The number of carbonyl (C=O) groups excluding carboxylic acids is 1. The number of aromatic nitrogens is 3. The van der Waals surface area contributed by atoms with E-state index in [2.05, 4.69) is 20.3 Å². The first kappa shape index (κ1) is 15.4. The Balaban J connectivity index is 1.86. The molecule has 0 radical (unpaired) electrons. The van der Waals surface area contributed by atoms with E-state index in [9.17, 15) is 14.7 Å². The molecule has 3 N–H and O–H groups in total. The van der Waals surface area contributed by atoms with Crippen LogP contribution in [0.15, 0.2) is 27.7 Å². The molecule has 0 unspecified atom stereocenters. The van der Waals surface area contributed by atoms with Crippen molar-refractivity contribution >= 4 is 28.6 Å². The minimum Gasteiger partial charge on any atom is -0.501 e. The number of aromatic hydroxyl groups is 1. The quantitative estimate of drug-likeness (QED) is 0.667. The van der Waals surface area contributed by atoms with Gasteiger partial charge < -0.3 is 15.4 Å². The van der Waals surface area contributed by atoms with Gasteiger partial charge in [-0.05, 0) is 18.4 Å². The third-order valence-corrected chi connectivity index (χ3v) is 4.66. The zero-order valence-corrected chi connectivity index (χ0v) is 13.6. The highest BCUT2D eigenvalue weighted by atomic mass is 32.1. The molecule has 3 heterocycles. The number of rotatable bonds is 4. The Kier molecular flexibility index (Phi) is 4.22. The van der Waals surface area contributed by atoms with Gasteiger partial charge in [-0.3, -0.25) is 9.59 Å². The third-order valence-electron chi connectivity index (χ3n) is 2.96. The van der Waals surface area contributed by atoms with Gasteiger partial charge in [0.2, 0.25) is 5.75 Å². The zero-order chi connectivity index (χ0) is 16.4. The Morgan fingerprint density at radius 2 is 2.22 bits per heavy atom. The Labute approximate surface area is 138 Å². The summed E-state index contributed by atoms with van der Waals surface area (Å²) in [6.07, 6.45) is 0. The van der Waals surface area contributed by atoms with Crippen LogP contribution in [0.2, 0.25) is 0 Å². The van der Waals surface area contributed by atoms with Crippen LogP contribution in [0.5, 0.6) is 5.75 Å². The van der Waals surface area contributed by atoms with E-state index in [1.165, 1.54) is 22.7 Å². The SMILES string of the molecule is Cc1nc(CNC(=O)c2nc(-c3cccs3)[nH]c(=O)c2O)cs1. The number of amides is 1. The predicted octanol–water partition coefficient (Wildman–Crippen LogP) is 1.90. The molecule has 0 spiro atoms. The molecule has 0 saturated heterocycles. The van der Waals surface area contributed by atoms with Crippen LogP contribution in [0.1, 0.15) is 21.2 Å². The number of nitrogens with zero attached hydrogens (tertiary/aromatic N) is 2. The maximum Gasteiger partial charge on any atom is 0.294 e. The lowest BCUT2D eigenvalue weighted by Crippen LogP contribution is -2.26. The molecule has 118 valence electrons. The van der Waals surface area contributed by atoms with Gasteiger partial charge in [0.15, 0.2) is 11.5 Å². The summed E-state index contributed by atoms with van der Waals surface area (Å²) in [7, 11) is 0. The molecule has 1 amide bonds. The van der Waals surface area contributed by atoms with Crippen molar-refractivity contribution in [1.82, 2.24) is 20.3 Å². The number of aromatic amines is 1. The Hall–Kier alpha value is -2.52. The lowest BCUT2D eigenvalue weighted by Gasteiger charge is -2.06. The van der Waals surface area contributed by atoms with Crippen LogP contribution in [-0.2, 0) is 6.54 Å². The predicted molar refractivity (Wildman–Crippen MR) is 87.9 cm³/mol. The van der Waals surface area contributed by atoms with Crippen molar-refractivity contribution in [2.24, 2.45) is 0 Å². The van der Waals surface area contributed by atoms with Crippen molar-refractivity contribution in [3.8, 4) is 16.5 Å². The normalized spacial score (nSPS) is 10.7. The lowest BCUT2D eigenvalue weighted by molar-refractivity contribution is 0.0942. The van der Waals surface area contributed by atoms with E-state index in [4.69, 9.17) is 0 Å². The summed E-state index contributed by atoms with van der Waals surface area (Å²) in [5, 5.41) is 17.0. The molecule has 7 nitrogen and oxygen atoms in total. The number of carbonyl (C=O) groups is 1. The molecular formula is C14H12N4O3S2. The summed E-state index contributed by atoms with van der Waals surface area (Å²) >= 11 is 2.85. The van der Waals surface area contributed by atoms with Gasteiger partial charge in [-0.15, -0.1) is 22.7 Å². The van der Waals surface area contributed by atoms with Crippen molar-refractivity contribution in [2.75, 3.05) is 0 Å². The first-order chi connectivity index (χ1) is 11.0. The molecule has 0 aliphatic carbocycles. The number of H-pyrrole nitrogens is 1. The number of hydrogen-bond acceptors (Lipinski definition) is 7. The summed E-state index contributed by atoms with van der Waals surface area (Å²) in [6.45, 7) is 2.07. The fourth-order valence-corrected chi connectivity index (χ4v) is 3.18. The Morgan fingerprint density at radius 1 is 1.39 bits per heavy atom. The number of thiazole rings is 1. The van der Waals surface area contributed by atoms with Crippen molar-refractivity contribution < 1.29 is 9.90 Å². The number of aryl methyl sites for hydroxylation is 1. The van der Waals surface area contributed by atoms with Crippen molar-refractivity contribution in [3.63, 3.8) is 0 Å². The average Bonchev–Trinajstić information content (AvgIpc) is 3.19. The highest BCUT2D eigenvalue weighted by Gasteiger charge is 2.19. The summed E-state index contributed by atoms with van der Waals surface area (Å²) in [4.78, 5) is 35.5. The van der Waals surface area contributed by atoms with Gasteiger partial charge in [-0.1, -0.05) is 6.07 Å². The van der Waals surface area contributed by atoms with Gasteiger partial charge in [-0.25, -0.2) is 9.97 Å². The van der Waals surface area contributed by atoms with Crippen LogP contribution >= 0.6 is 22.7 Å². The molecule has 23 heavy (non-hydrogen) atoms. The van der Waals surface area contributed by atoms with E-state index in [-0.39, 0.29) is 18.1 Å². The smallest absolute Gasteiger partial charge is 0.294 e. The number of thiophene rings is 1. The molecule has 0 aliphatic rings. The number of hydrogen-bond donors (Lipinski definition) is 3. The molecule has 0 aliphatic heterocycles. The van der Waals surface area contributed by atoms with E-state index in [1.807, 2.05) is 17.7 Å². The second-order valence-corrected chi connectivity index (χ2v) is 6.64. The van der Waals surface area contributed by atoms with Crippen LogP contribution in [0, 0.1) is 6.92 Å². The van der Waals surface area contributed by atoms with Gasteiger partial charge in [-0.2, -0.15) is 0 Å². The molecule has 3 rings (SSSR count). The summed E-state index contributed by atoms with van der Waals surface area (Å²) in [6, 6.07) is 3.57. The Bertz CT molecular complexity index is 899.